The van der Waals surface area contributed by atoms with Crippen LogP contribution in [0, 0.1) is 10.1 Å². The maximum atomic E-state index is 11.0. The minimum absolute atomic E-state index is 0.00965. The standard InChI is InChI=1S/C15H17N3O3/c1-16-11-13-2-3-14(18(19)20)15(10-13)21-9-6-12-4-7-17-8-5-12/h2-5,7-8,10,16H,6,9,11H2,1H3. The molecule has 1 N–H and O–H groups in total. The normalized spacial score (nSPS) is 10.3. The predicted octanol–water partition coefficient (Wildman–Crippen LogP) is 2.33. The van der Waals surface area contributed by atoms with Crippen LogP contribution in [0.4, 0.5) is 5.69 Å². The first-order valence-corrected chi connectivity index (χ1v) is 6.64. The molecule has 21 heavy (non-hydrogen) atoms. The van der Waals surface area contributed by atoms with Crippen LogP contribution in [0.25, 0.3) is 0 Å². The molecule has 1 aromatic carbocycles. The van der Waals surface area contributed by atoms with Gasteiger partial charge in [-0.15, -0.1) is 0 Å². The van der Waals surface area contributed by atoms with Crippen LogP contribution in [-0.4, -0.2) is 23.6 Å². The molecule has 1 aromatic heterocycles. The van der Waals surface area contributed by atoms with Crippen LogP contribution in [0.2, 0.25) is 0 Å². The van der Waals surface area contributed by atoms with Crippen molar-refractivity contribution >= 4 is 5.69 Å². The number of nitro benzene ring substituents is 1. The van der Waals surface area contributed by atoms with Crippen LogP contribution in [-0.2, 0) is 13.0 Å². The molecule has 0 fully saturated rings. The van der Waals surface area contributed by atoms with E-state index in [9.17, 15) is 10.1 Å². The van der Waals surface area contributed by atoms with E-state index < -0.39 is 4.92 Å². The number of rotatable bonds is 7. The van der Waals surface area contributed by atoms with Gasteiger partial charge in [-0.3, -0.25) is 15.1 Å². The molecule has 0 spiro atoms. The van der Waals surface area contributed by atoms with Crippen LogP contribution < -0.4 is 10.1 Å². The number of benzene rings is 1. The first kappa shape index (κ1) is 14.9. The molecule has 1 heterocycles. The fourth-order valence-electron chi connectivity index (χ4n) is 1.97. The summed E-state index contributed by atoms with van der Waals surface area (Å²) >= 11 is 0. The second kappa shape index (κ2) is 7.35. The molecule has 0 aliphatic rings. The van der Waals surface area contributed by atoms with E-state index in [2.05, 4.69) is 10.3 Å². The Morgan fingerprint density at radius 2 is 2.00 bits per heavy atom. The average Bonchev–Trinajstić information content (AvgIpc) is 2.49. The van der Waals surface area contributed by atoms with E-state index in [1.54, 1.807) is 24.5 Å². The van der Waals surface area contributed by atoms with E-state index in [1.165, 1.54) is 6.07 Å². The Morgan fingerprint density at radius 3 is 2.67 bits per heavy atom. The molecular formula is C15H17N3O3. The number of pyridine rings is 1. The Bertz CT molecular complexity index is 602. The number of nitrogens with one attached hydrogen (secondary N) is 1. The van der Waals surface area contributed by atoms with Gasteiger partial charge < -0.3 is 10.1 Å². The third-order valence-corrected chi connectivity index (χ3v) is 3.00. The van der Waals surface area contributed by atoms with E-state index in [0.717, 1.165) is 11.1 Å². The highest BCUT2D eigenvalue weighted by Crippen LogP contribution is 2.28. The summed E-state index contributed by atoms with van der Waals surface area (Å²) in [6.45, 7) is 1.02. The molecule has 0 saturated carbocycles. The number of nitro groups is 1. The van der Waals surface area contributed by atoms with Crippen molar-refractivity contribution in [1.82, 2.24) is 10.3 Å². The van der Waals surface area contributed by atoms with Gasteiger partial charge in [0, 0.05) is 31.4 Å². The summed E-state index contributed by atoms with van der Waals surface area (Å²) in [5.74, 6) is 0.307. The fraction of sp³-hybridized carbons (Fsp3) is 0.267. The monoisotopic (exact) mass is 287 g/mol. The summed E-state index contributed by atoms with van der Waals surface area (Å²) in [5.41, 5.74) is 2.02. The lowest BCUT2D eigenvalue weighted by Gasteiger charge is -2.09. The maximum absolute atomic E-state index is 11.0. The lowest BCUT2D eigenvalue weighted by Crippen LogP contribution is -2.07. The van der Waals surface area contributed by atoms with E-state index in [-0.39, 0.29) is 5.69 Å². The Balaban J connectivity index is 2.06. The zero-order chi connectivity index (χ0) is 15.1. The van der Waals surface area contributed by atoms with Crippen LogP contribution in [0.3, 0.4) is 0 Å². The molecule has 110 valence electrons. The van der Waals surface area contributed by atoms with Gasteiger partial charge in [-0.05, 0) is 36.4 Å². The van der Waals surface area contributed by atoms with E-state index in [1.807, 2.05) is 19.2 Å². The van der Waals surface area contributed by atoms with Crippen molar-refractivity contribution in [2.45, 2.75) is 13.0 Å². The van der Waals surface area contributed by atoms with Gasteiger partial charge in [0.2, 0.25) is 0 Å². The largest absolute Gasteiger partial charge is 0.486 e. The highest BCUT2D eigenvalue weighted by molar-refractivity contribution is 5.48. The van der Waals surface area contributed by atoms with Gasteiger partial charge >= 0.3 is 5.69 Å². The van der Waals surface area contributed by atoms with E-state index >= 15 is 0 Å². The summed E-state index contributed by atoms with van der Waals surface area (Å²) in [5, 5.41) is 14.0. The summed E-state index contributed by atoms with van der Waals surface area (Å²) in [6.07, 6.45) is 4.10. The van der Waals surface area contributed by atoms with Crippen molar-refractivity contribution in [2.24, 2.45) is 0 Å². The van der Waals surface area contributed by atoms with Crippen LogP contribution in [0.15, 0.2) is 42.7 Å². The second-order valence-corrected chi connectivity index (χ2v) is 4.54. The second-order valence-electron chi connectivity index (χ2n) is 4.54. The minimum atomic E-state index is -0.426. The topological polar surface area (TPSA) is 77.3 Å². The molecule has 0 unspecified atom stereocenters. The first-order valence-electron chi connectivity index (χ1n) is 6.64. The van der Waals surface area contributed by atoms with E-state index in [0.29, 0.717) is 25.3 Å². The quantitative estimate of drug-likeness (QED) is 0.624. The molecule has 0 amide bonds. The SMILES string of the molecule is CNCc1ccc([N+](=O)[O-])c(OCCc2ccncc2)c1. The Kier molecular flexibility index (Phi) is 5.22. The summed E-state index contributed by atoms with van der Waals surface area (Å²) < 4.78 is 5.60. The first-order chi connectivity index (χ1) is 10.2. The molecule has 2 aromatic rings. The smallest absolute Gasteiger partial charge is 0.310 e. The third-order valence-electron chi connectivity index (χ3n) is 3.00. The Hall–Kier alpha value is -2.47. The molecule has 0 aliphatic carbocycles. The molecule has 6 heteroatoms. The van der Waals surface area contributed by atoms with Crippen molar-refractivity contribution in [3.63, 3.8) is 0 Å². The zero-order valence-corrected chi connectivity index (χ0v) is 11.8. The average molecular weight is 287 g/mol. The number of nitrogens with zero attached hydrogens (tertiary/aromatic N) is 2. The number of ether oxygens (including phenoxy) is 1. The van der Waals surface area contributed by atoms with Gasteiger partial charge in [-0.1, -0.05) is 6.07 Å². The highest BCUT2D eigenvalue weighted by Gasteiger charge is 2.15. The maximum Gasteiger partial charge on any atom is 0.310 e. The number of hydrogen-bond donors (Lipinski definition) is 1. The van der Waals surface area contributed by atoms with Gasteiger partial charge in [0.1, 0.15) is 0 Å². The van der Waals surface area contributed by atoms with Gasteiger partial charge in [0.05, 0.1) is 11.5 Å². The van der Waals surface area contributed by atoms with Crippen LogP contribution in [0.1, 0.15) is 11.1 Å². The van der Waals surface area contributed by atoms with Crippen molar-refractivity contribution in [1.29, 1.82) is 0 Å². The van der Waals surface area contributed by atoms with Crippen LogP contribution >= 0.6 is 0 Å². The Labute approximate surface area is 122 Å². The molecule has 6 nitrogen and oxygen atoms in total. The van der Waals surface area contributed by atoms with Crippen molar-refractivity contribution in [3.05, 3.63) is 64.0 Å². The molecule has 0 saturated heterocycles. The lowest BCUT2D eigenvalue weighted by atomic mass is 10.2. The molecule has 2 rings (SSSR count). The van der Waals surface area contributed by atoms with Crippen molar-refractivity contribution in [2.75, 3.05) is 13.7 Å². The number of hydrogen-bond acceptors (Lipinski definition) is 5. The molecule has 0 atom stereocenters. The predicted molar refractivity (Wildman–Crippen MR) is 79.3 cm³/mol. The summed E-state index contributed by atoms with van der Waals surface area (Å²) in [6, 6.07) is 8.71. The van der Waals surface area contributed by atoms with Gasteiger partial charge in [0.15, 0.2) is 5.75 Å². The minimum Gasteiger partial charge on any atom is -0.486 e. The van der Waals surface area contributed by atoms with Crippen molar-refractivity contribution < 1.29 is 9.66 Å². The van der Waals surface area contributed by atoms with Crippen LogP contribution in [0.5, 0.6) is 5.75 Å². The highest BCUT2D eigenvalue weighted by atomic mass is 16.6. The van der Waals surface area contributed by atoms with E-state index in [4.69, 9.17) is 4.74 Å². The summed E-state index contributed by atoms with van der Waals surface area (Å²) in [4.78, 5) is 14.5. The number of aromatic nitrogens is 1. The molecule has 0 radical (unpaired) electrons. The Morgan fingerprint density at radius 1 is 1.24 bits per heavy atom. The van der Waals surface area contributed by atoms with Gasteiger partial charge in [-0.2, -0.15) is 0 Å². The molecular weight excluding hydrogens is 270 g/mol. The summed E-state index contributed by atoms with van der Waals surface area (Å²) in [7, 11) is 1.82. The molecule has 0 bridgehead atoms. The fourth-order valence-corrected chi connectivity index (χ4v) is 1.97. The third kappa shape index (κ3) is 4.25. The van der Waals surface area contributed by atoms with Gasteiger partial charge in [-0.25, -0.2) is 0 Å². The molecule has 0 aliphatic heterocycles. The van der Waals surface area contributed by atoms with Crippen molar-refractivity contribution in [3.8, 4) is 5.75 Å². The lowest BCUT2D eigenvalue weighted by molar-refractivity contribution is -0.385. The zero-order valence-electron chi connectivity index (χ0n) is 11.8. The van der Waals surface area contributed by atoms with Gasteiger partial charge in [0.25, 0.3) is 0 Å².